The predicted molar refractivity (Wildman–Crippen MR) is 237 cm³/mol. The van der Waals surface area contributed by atoms with Crippen molar-refractivity contribution in [2.75, 3.05) is 0 Å². The molecular formula is C54H53N3O. The zero-order valence-corrected chi connectivity index (χ0v) is 33.6. The number of aromatic nitrogens is 1. The summed E-state index contributed by atoms with van der Waals surface area (Å²) < 4.78 is 9.28. The van der Waals surface area contributed by atoms with Gasteiger partial charge < -0.3 is 18.8 Å². The summed E-state index contributed by atoms with van der Waals surface area (Å²) in [7, 11) is 0. The molecule has 2 aromatic rings. The molecule has 2 aliphatic heterocycles. The van der Waals surface area contributed by atoms with Crippen LogP contribution in [0.5, 0.6) is 0 Å². The maximum absolute atomic E-state index is 6.58. The highest BCUT2D eigenvalue weighted by atomic mass is 16.3. The highest BCUT2D eigenvalue weighted by molar-refractivity contribution is 5.78. The van der Waals surface area contributed by atoms with Crippen LogP contribution in [0.3, 0.4) is 0 Å². The molecule has 0 saturated heterocycles. The van der Waals surface area contributed by atoms with Crippen molar-refractivity contribution in [2.24, 2.45) is 17.8 Å². The topological polar surface area (TPSA) is 24.6 Å². The van der Waals surface area contributed by atoms with E-state index in [0.717, 1.165) is 70.6 Å². The van der Waals surface area contributed by atoms with E-state index in [2.05, 4.69) is 124 Å². The van der Waals surface area contributed by atoms with Gasteiger partial charge in [-0.05, 0) is 118 Å². The van der Waals surface area contributed by atoms with E-state index in [1.165, 1.54) is 99.2 Å². The summed E-state index contributed by atoms with van der Waals surface area (Å²) in [6.45, 7) is 0. The Hall–Kier alpha value is -5.22. The fraction of sp³-hybridized carbons (Fsp3) is 0.370. The minimum Gasteiger partial charge on any atom is -0.465 e. The number of allylic oxidation sites excluding steroid dienone is 15. The first-order chi connectivity index (χ1) is 28.8. The van der Waals surface area contributed by atoms with Crippen molar-refractivity contribution in [1.82, 2.24) is 14.4 Å². The molecule has 9 aliphatic carbocycles. The van der Waals surface area contributed by atoms with Gasteiger partial charge >= 0.3 is 0 Å². The molecule has 11 aliphatic rings. The molecule has 0 aromatic carbocycles. The molecule has 4 heterocycles. The molecule has 0 amide bonds. The van der Waals surface area contributed by atoms with Crippen LogP contribution >= 0.6 is 0 Å². The van der Waals surface area contributed by atoms with Crippen molar-refractivity contribution in [3.05, 3.63) is 170 Å². The SMILES string of the molecule is C1=CCCC(N2C3=C(CCC4=C3N(C3=Cc5c(oc6c5C=CCC6)CC3)C3C=CC(n5c6c(c7c5CCC=C7)C=CCC6)=CC43)C3CC(C4=CCCC=C4)C=CC32)=C1. The molecule has 58 heavy (non-hydrogen) atoms. The Bertz CT molecular complexity index is 2550. The normalized spacial score (nSPS) is 29.6. The lowest BCUT2D eigenvalue weighted by molar-refractivity contribution is 0.284. The summed E-state index contributed by atoms with van der Waals surface area (Å²) in [6, 6.07) is 0.640. The lowest BCUT2D eigenvalue weighted by Crippen LogP contribution is -2.38. The van der Waals surface area contributed by atoms with Crippen LogP contribution in [0.1, 0.15) is 116 Å². The molecule has 2 aromatic heterocycles. The Balaban J connectivity index is 0.990. The second-order valence-electron chi connectivity index (χ2n) is 18.4. The molecule has 0 saturated carbocycles. The van der Waals surface area contributed by atoms with E-state index in [4.69, 9.17) is 4.42 Å². The molecule has 4 nitrogen and oxygen atoms in total. The number of furan rings is 1. The van der Waals surface area contributed by atoms with E-state index < -0.39 is 0 Å². The van der Waals surface area contributed by atoms with E-state index in [1.807, 2.05) is 0 Å². The third-order valence-corrected chi connectivity index (χ3v) is 15.4. The highest BCUT2D eigenvalue weighted by Crippen LogP contribution is 2.58. The molecule has 4 heteroatoms. The highest BCUT2D eigenvalue weighted by Gasteiger charge is 2.52. The second-order valence-corrected chi connectivity index (χ2v) is 18.4. The summed E-state index contributed by atoms with van der Waals surface area (Å²) in [4.78, 5) is 5.74. The van der Waals surface area contributed by atoms with Crippen molar-refractivity contribution >= 4 is 30.0 Å². The maximum atomic E-state index is 6.58. The van der Waals surface area contributed by atoms with E-state index in [9.17, 15) is 0 Å². The van der Waals surface area contributed by atoms with Gasteiger partial charge in [0.05, 0.1) is 23.5 Å². The Labute approximate surface area is 343 Å². The van der Waals surface area contributed by atoms with Gasteiger partial charge in [0.2, 0.25) is 0 Å². The molecular weight excluding hydrogens is 707 g/mol. The van der Waals surface area contributed by atoms with Crippen LogP contribution < -0.4 is 0 Å². The average molecular weight is 760 g/mol. The van der Waals surface area contributed by atoms with Crippen LogP contribution in [0.4, 0.5) is 0 Å². The number of rotatable bonds is 4. The summed E-state index contributed by atoms with van der Waals surface area (Å²) >= 11 is 0. The van der Waals surface area contributed by atoms with Crippen LogP contribution in [-0.4, -0.2) is 26.5 Å². The van der Waals surface area contributed by atoms with Crippen LogP contribution in [-0.2, 0) is 25.7 Å². The van der Waals surface area contributed by atoms with E-state index >= 15 is 0 Å². The van der Waals surface area contributed by atoms with Gasteiger partial charge in [0.15, 0.2) is 0 Å². The third-order valence-electron chi connectivity index (χ3n) is 15.4. The first kappa shape index (κ1) is 33.7. The van der Waals surface area contributed by atoms with E-state index in [1.54, 1.807) is 16.8 Å². The summed E-state index contributed by atoms with van der Waals surface area (Å²) in [5, 5.41) is 0. The lowest BCUT2D eigenvalue weighted by Gasteiger charge is -2.40. The Morgan fingerprint density at radius 3 is 2.10 bits per heavy atom. The van der Waals surface area contributed by atoms with Gasteiger partial charge in [-0.25, -0.2) is 0 Å². The van der Waals surface area contributed by atoms with Gasteiger partial charge in [0.25, 0.3) is 0 Å². The van der Waals surface area contributed by atoms with Crippen molar-refractivity contribution in [3.8, 4) is 0 Å². The van der Waals surface area contributed by atoms with E-state index in [-0.39, 0.29) is 6.04 Å². The molecule has 0 fully saturated rings. The average Bonchev–Trinajstić information content (AvgIpc) is 4.02. The summed E-state index contributed by atoms with van der Waals surface area (Å²) in [6.07, 6.45) is 61.0. The Morgan fingerprint density at radius 2 is 1.29 bits per heavy atom. The number of nitrogens with zero attached hydrogens (tertiary/aromatic N) is 3. The number of hydrogen-bond donors (Lipinski definition) is 0. The maximum Gasteiger partial charge on any atom is 0.112 e. The van der Waals surface area contributed by atoms with Gasteiger partial charge in [-0.15, -0.1) is 0 Å². The third kappa shape index (κ3) is 4.93. The standard InChI is InChI=1S/C54H53N3O/c1-3-13-34(14-4-1)35-23-28-49-44(31-35)42-26-27-43-45-32-37(55-47-20-10-7-17-39(47)40-18-8-11-21-48(40)55)24-29-50(45)57(54(43)53(42)56(49)36-15-5-2-6-16-36)38-25-30-52-46(33-38)41-19-9-12-22-51(41)58-52/h2-3,5,7-9,13-15,17-19,23-24,28-29,32-33,35,44-45,49-50H,1,4,6,10-12,16,20-22,25-27,30-31H2. The predicted octanol–water partition coefficient (Wildman–Crippen LogP) is 12.3. The van der Waals surface area contributed by atoms with Crippen molar-refractivity contribution in [1.29, 1.82) is 0 Å². The first-order valence-corrected chi connectivity index (χ1v) is 22.8. The summed E-state index contributed by atoms with van der Waals surface area (Å²) in [5.74, 6) is 3.75. The summed E-state index contributed by atoms with van der Waals surface area (Å²) in [5.41, 5.74) is 21.0. The van der Waals surface area contributed by atoms with Gasteiger partial charge in [-0.1, -0.05) is 91.1 Å². The van der Waals surface area contributed by atoms with Crippen LogP contribution in [0.15, 0.2) is 129 Å². The first-order valence-electron chi connectivity index (χ1n) is 22.8. The Kier molecular flexibility index (Phi) is 7.64. The quantitative estimate of drug-likeness (QED) is 0.290. The van der Waals surface area contributed by atoms with Gasteiger partial charge in [-0.2, -0.15) is 0 Å². The van der Waals surface area contributed by atoms with Gasteiger partial charge in [0.1, 0.15) is 11.5 Å². The van der Waals surface area contributed by atoms with E-state index in [0.29, 0.717) is 23.8 Å². The smallest absolute Gasteiger partial charge is 0.112 e. The zero-order chi connectivity index (χ0) is 37.9. The number of fused-ring (bicyclic) bond motifs is 11. The largest absolute Gasteiger partial charge is 0.465 e. The lowest BCUT2D eigenvalue weighted by atomic mass is 9.74. The molecule has 0 radical (unpaired) electrons. The molecule has 13 rings (SSSR count). The molecule has 0 N–H and O–H groups in total. The fourth-order valence-electron chi connectivity index (χ4n) is 12.9. The van der Waals surface area contributed by atoms with Crippen molar-refractivity contribution < 1.29 is 4.42 Å². The minimum absolute atomic E-state index is 0.263. The fourth-order valence-corrected chi connectivity index (χ4v) is 12.9. The second kappa shape index (κ2) is 13.1. The van der Waals surface area contributed by atoms with Crippen LogP contribution in [0.25, 0.3) is 30.0 Å². The van der Waals surface area contributed by atoms with Gasteiger partial charge in [0, 0.05) is 81.3 Å². The van der Waals surface area contributed by atoms with Crippen molar-refractivity contribution in [3.63, 3.8) is 0 Å². The van der Waals surface area contributed by atoms with Crippen molar-refractivity contribution in [2.45, 2.75) is 108 Å². The van der Waals surface area contributed by atoms with Crippen LogP contribution in [0.2, 0.25) is 0 Å². The molecule has 0 bridgehead atoms. The Morgan fingerprint density at radius 1 is 0.552 bits per heavy atom. The molecule has 290 valence electrons. The number of hydrogen-bond acceptors (Lipinski definition) is 3. The minimum atomic E-state index is 0.263. The number of aryl methyl sites for hydroxylation is 2. The molecule has 5 atom stereocenters. The van der Waals surface area contributed by atoms with Crippen LogP contribution in [0, 0.1) is 17.8 Å². The molecule has 0 spiro atoms. The molecule has 5 unspecified atom stereocenters. The zero-order valence-electron chi connectivity index (χ0n) is 33.6. The monoisotopic (exact) mass is 759 g/mol. The van der Waals surface area contributed by atoms with Gasteiger partial charge in [-0.3, -0.25) is 0 Å².